The van der Waals surface area contributed by atoms with E-state index in [0.717, 1.165) is 31.7 Å². The number of carbonyl (C=O) groups is 1. The zero-order valence-electron chi connectivity index (χ0n) is 16.1. The van der Waals surface area contributed by atoms with E-state index in [0.29, 0.717) is 12.6 Å². The fraction of sp³-hybridized carbons (Fsp3) is 0.500. The maximum atomic E-state index is 12.5. The molecule has 0 unspecified atom stereocenters. The third-order valence-electron chi connectivity index (χ3n) is 5.87. The van der Waals surface area contributed by atoms with Crippen molar-refractivity contribution in [1.29, 1.82) is 0 Å². The number of amides is 1. The van der Waals surface area contributed by atoms with Gasteiger partial charge in [-0.2, -0.15) is 0 Å². The number of nitrogens with one attached hydrogen (secondary N) is 1. The Kier molecular flexibility index (Phi) is 5.79. The summed E-state index contributed by atoms with van der Waals surface area (Å²) >= 11 is 1.84. The fourth-order valence-corrected chi connectivity index (χ4v) is 5.21. The third kappa shape index (κ3) is 4.36. The smallest absolute Gasteiger partial charge is 0.238 e. The molecule has 2 aliphatic rings. The first-order valence-corrected chi connectivity index (χ1v) is 11.0. The largest absolute Gasteiger partial charge is 0.372 e. The normalized spacial score (nSPS) is 20.8. The Morgan fingerprint density at radius 2 is 1.81 bits per heavy atom. The van der Waals surface area contributed by atoms with E-state index >= 15 is 0 Å². The second-order valence-electron chi connectivity index (χ2n) is 7.69. The molecule has 0 bridgehead atoms. The molecule has 0 spiro atoms. The quantitative estimate of drug-likeness (QED) is 0.832. The van der Waals surface area contributed by atoms with Crippen LogP contribution in [0.15, 0.2) is 35.7 Å². The van der Waals surface area contributed by atoms with Crippen molar-refractivity contribution in [2.75, 3.05) is 36.4 Å². The molecular weight excluding hydrogens is 354 g/mol. The summed E-state index contributed by atoms with van der Waals surface area (Å²) in [6.45, 7) is 5.89. The van der Waals surface area contributed by atoms with Crippen molar-refractivity contribution in [3.8, 4) is 0 Å². The van der Waals surface area contributed by atoms with Gasteiger partial charge in [0, 0.05) is 41.9 Å². The second kappa shape index (κ2) is 8.44. The lowest BCUT2D eigenvalue weighted by molar-refractivity contribution is -0.117. The monoisotopic (exact) mass is 383 g/mol. The van der Waals surface area contributed by atoms with Gasteiger partial charge in [-0.15, -0.1) is 11.3 Å². The molecule has 4 rings (SSSR count). The number of carbonyl (C=O) groups excluding carboxylic acids is 1. The van der Waals surface area contributed by atoms with Crippen LogP contribution in [0.5, 0.6) is 0 Å². The summed E-state index contributed by atoms with van der Waals surface area (Å²) in [7, 11) is 0. The zero-order chi connectivity index (χ0) is 18.6. The standard InChI is InChI=1S/C22H29N3OS/c1-17-20-11-15-27-21(20)10-14-25(17)16-22(26)23-18-6-8-19(9-7-18)24-12-4-2-3-5-13-24/h6-9,11,15,17H,2-5,10,12-14,16H2,1H3,(H,23,26)/t17-/m1/s1. The molecule has 1 atom stereocenters. The Hall–Kier alpha value is -1.85. The van der Waals surface area contributed by atoms with Crippen LogP contribution >= 0.6 is 11.3 Å². The maximum Gasteiger partial charge on any atom is 0.238 e. The lowest BCUT2D eigenvalue weighted by Crippen LogP contribution is -2.39. The summed E-state index contributed by atoms with van der Waals surface area (Å²) in [6.07, 6.45) is 6.28. The van der Waals surface area contributed by atoms with Gasteiger partial charge in [0.1, 0.15) is 0 Å². The van der Waals surface area contributed by atoms with Crippen molar-refractivity contribution in [1.82, 2.24) is 4.90 Å². The Morgan fingerprint density at radius 1 is 1.07 bits per heavy atom. The summed E-state index contributed by atoms with van der Waals surface area (Å²) in [4.78, 5) is 18.8. The molecule has 27 heavy (non-hydrogen) atoms. The fourth-order valence-electron chi connectivity index (χ4n) is 4.25. The molecule has 1 N–H and O–H groups in total. The molecule has 1 amide bonds. The van der Waals surface area contributed by atoms with Crippen molar-refractivity contribution < 1.29 is 4.79 Å². The Bertz CT molecular complexity index is 762. The molecule has 0 saturated carbocycles. The summed E-state index contributed by atoms with van der Waals surface area (Å²) < 4.78 is 0. The zero-order valence-corrected chi connectivity index (χ0v) is 16.9. The van der Waals surface area contributed by atoms with E-state index in [1.807, 2.05) is 23.5 Å². The van der Waals surface area contributed by atoms with Gasteiger partial charge in [-0.3, -0.25) is 9.69 Å². The van der Waals surface area contributed by atoms with Gasteiger partial charge in [0.15, 0.2) is 0 Å². The number of hydrogen-bond acceptors (Lipinski definition) is 4. The maximum absolute atomic E-state index is 12.5. The highest BCUT2D eigenvalue weighted by molar-refractivity contribution is 7.10. The van der Waals surface area contributed by atoms with Crippen LogP contribution in [0.4, 0.5) is 11.4 Å². The molecule has 5 heteroatoms. The Balaban J connectivity index is 1.33. The van der Waals surface area contributed by atoms with E-state index in [2.05, 4.69) is 45.6 Å². The number of anilines is 2. The molecule has 0 radical (unpaired) electrons. The molecule has 1 aromatic heterocycles. The van der Waals surface area contributed by atoms with Gasteiger partial charge in [0.25, 0.3) is 0 Å². The third-order valence-corrected chi connectivity index (χ3v) is 6.87. The van der Waals surface area contributed by atoms with Gasteiger partial charge < -0.3 is 10.2 Å². The summed E-state index contributed by atoms with van der Waals surface area (Å²) in [6, 6.07) is 10.9. The van der Waals surface area contributed by atoms with Crippen LogP contribution in [0, 0.1) is 0 Å². The van der Waals surface area contributed by atoms with Crippen molar-refractivity contribution in [3.63, 3.8) is 0 Å². The van der Waals surface area contributed by atoms with Gasteiger partial charge in [0.2, 0.25) is 5.91 Å². The molecule has 2 aromatic rings. The van der Waals surface area contributed by atoms with Crippen LogP contribution in [-0.2, 0) is 11.2 Å². The minimum atomic E-state index is 0.0723. The summed E-state index contributed by atoms with van der Waals surface area (Å²) in [5, 5.41) is 5.24. The van der Waals surface area contributed by atoms with Crippen molar-refractivity contribution in [2.45, 2.75) is 45.1 Å². The summed E-state index contributed by atoms with van der Waals surface area (Å²) in [5.41, 5.74) is 3.55. The number of hydrogen-bond donors (Lipinski definition) is 1. The highest BCUT2D eigenvalue weighted by atomic mass is 32.1. The van der Waals surface area contributed by atoms with E-state index in [9.17, 15) is 4.79 Å². The molecule has 1 aromatic carbocycles. The van der Waals surface area contributed by atoms with Crippen LogP contribution in [-0.4, -0.2) is 37.0 Å². The number of fused-ring (bicyclic) bond motifs is 1. The van der Waals surface area contributed by atoms with Crippen LogP contribution in [0.3, 0.4) is 0 Å². The first kappa shape index (κ1) is 18.5. The Morgan fingerprint density at radius 3 is 2.56 bits per heavy atom. The SMILES string of the molecule is C[C@@H]1c2ccsc2CCN1CC(=O)Nc1ccc(N2CCCCCC2)cc1. The van der Waals surface area contributed by atoms with E-state index in [4.69, 9.17) is 0 Å². The minimum Gasteiger partial charge on any atom is -0.372 e. The number of rotatable bonds is 4. The number of benzene rings is 1. The molecule has 144 valence electrons. The number of nitrogens with zero attached hydrogens (tertiary/aromatic N) is 2. The van der Waals surface area contributed by atoms with E-state index < -0.39 is 0 Å². The van der Waals surface area contributed by atoms with Gasteiger partial charge >= 0.3 is 0 Å². The average Bonchev–Trinajstić information content (AvgIpc) is 2.99. The first-order chi connectivity index (χ1) is 13.2. The summed E-state index contributed by atoms with van der Waals surface area (Å²) in [5.74, 6) is 0.0723. The molecular formula is C22H29N3OS. The van der Waals surface area contributed by atoms with Crippen molar-refractivity contribution in [2.24, 2.45) is 0 Å². The lowest BCUT2D eigenvalue weighted by atomic mass is 10.0. The van der Waals surface area contributed by atoms with Crippen molar-refractivity contribution >= 4 is 28.6 Å². The highest BCUT2D eigenvalue weighted by Crippen LogP contribution is 2.32. The van der Waals surface area contributed by atoms with Crippen LogP contribution < -0.4 is 10.2 Å². The van der Waals surface area contributed by atoms with Gasteiger partial charge in [-0.05, 0) is 67.5 Å². The van der Waals surface area contributed by atoms with E-state index in [-0.39, 0.29) is 5.91 Å². The molecule has 4 nitrogen and oxygen atoms in total. The Labute approximate surface area is 166 Å². The first-order valence-electron chi connectivity index (χ1n) is 10.2. The average molecular weight is 384 g/mol. The highest BCUT2D eigenvalue weighted by Gasteiger charge is 2.26. The molecule has 3 heterocycles. The molecule has 0 aliphatic carbocycles. The van der Waals surface area contributed by atoms with Gasteiger partial charge in [0.05, 0.1) is 6.54 Å². The van der Waals surface area contributed by atoms with Crippen LogP contribution in [0.2, 0.25) is 0 Å². The predicted octanol–water partition coefficient (Wildman–Crippen LogP) is 4.69. The van der Waals surface area contributed by atoms with Gasteiger partial charge in [-0.25, -0.2) is 0 Å². The van der Waals surface area contributed by atoms with E-state index in [1.54, 1.807) is 0 Å². The van der Waals surface area contributed by atoms with E-state index in [1.165, 1.54) is 41.8 Å². The lowest BCUT2D eigenvalue weighted by Gasteiger charge is -2.32. The molecule has 1 fully saturated rings. The predicted molar refractivity (Wildman–Crippen MR) is 114 cm³/mol. The second-order valence-corrected chi connectivity index (χ2v) is 8.69. The molecule has 1 saturated heterocycles. The minimum absolute atomic E-state index is 0.0723. The number of thiophene rings is 1. The molecule has 2 aliphatic heterocycles. The van der Waals surface area contributed by atoms with Crippen LogP contribution in [0.1, 0.15) is 49.1 Å². The van der Waals surface area contributed by atoms with Gasteiger partial charge in [-0.1, -0.05) is 12.8 Å². The topological polar surface area (TPSA) is 35.6 Å². The van der Waals surface area contributed by atoms with Crippen LogP contribution in [0.25, 0.3) is 0 Å². The van der Waals surface area contributed by atoms with Crippen molar-refractivity contribution in [3.05, 3.63) is 46.2 Å².